The quantitative estimate of drug-likeness (QED) is 0.276. The predicted octanol–water partition coefficient (Wildman–Crippen LogP) is 7.05. The van der Waals surface area contributed by atoms with Crippen molar-refractivity contribution in [3.8, 4) is 0 Å². The van der Waals surface area contributed by atoms with Crippen LogP contribution in [0, 0.1) is 0 Å². The number of thioether (sulfide) groups is 1. The summed E-state index contributed by atoms with van der Waals surface area (Å²) in [6.07, 6.45) is 0. The average molecular weight is 461 g/mol. The molecule has 0 spiro atoms. The van der Waals surface area contributed by atoms with E-state index >= 15 is 0 Å². The van der Waals surface area contributed by atoms with Crippen molar-refractivity contribution in [1.29, 1.82) is 0 Å². The summed E-state index contributed by atoms with van der Waals surface area (Å²) in [5, 5.41) is 0. The summed E-state index contributed by atoms with van der Waals surface area (Å²) in [4.78, 5) is 1.28. The summed E-state index contributed by atoms with van der Waals surface area (Å²) in [7, 11) is -8.34. The van der Waals surface area contributed by atoms with Gasteiger partial charge in [-0.05, 0) is 71.1 Å². The third-order valence-corrected chi connectivity index (χ3v) is 17.0. The van der Waals surface area contributed by atoms with Gasteiger partial charge in [0.15, 0.2) is 25.0 Å². The Morgan fingerprint density at radius 2 is 1.07 bits per heavy atom. The molecule has 0 aliphatic carbocycles. The second-order valence-electron chi connectivity index (χ2n) is 10.7. The van der Waals surface area contributed by atoms with Crippen LogP contribution in [0.2, 0.25) is 65.0 Å². The van der Waals surface area contributed by atoms with E-state index in [9.17, 15) is 0 Å². The number of hydrogen-bond acceptors (Lipinski definition) is 4. The van der Waals surface area contributed by atoms with E-state index in [0.29, 0.717) is 0 Å². The molecule has 0 amide bonds. The molecule has 0 aliphatic rings. The molecule has 0 saturated heterocycles. The minimum atomic E-state index is -2.83. The Morgan fingerprint density at radius 1 is 0.704 bits per heavy atom. The fourth-order valence-electron chi connectivity index (χ4n) is 2.94. The van der Waals surface area contributed by atoms with Crippen LogP contribution in [0.5, 0.6) is 0 Å². The fraction of sp³-hybridized carbons (Fsp3) is 0.684. The maximum absolute atomic E-state index is 6.84. The van der Waals surface area contributed by atoms with E-state index in [2.05, 4.69) is 103 Å². The van der Waals surface area contributed by atoms with Gasteiger partial charge in [0.1, 0.15) is 0 Å². The van der Waals surface area contributed by atoms with Crippen molar-refractivity contribution in [3.63, 3.8) is 0 Å². The Hall–Kier alpha value is 0.318. The maximum Gasteiger partial charge on any atom is 0.470 e. The van der Waals surface area contributed by atoms with Crippen LogP contribution in [0.1, 0.15) is 13.8 Å². The van der Waals surface area contributed by atoms with Gasteiger partial charge >= 0.3 is 8.80 Å². The monoisotopic (exact) mass is 460 g/mol. The second kappa shape index (κ2) is 8.99. The number of benzene rings is 1. The lowest BCUT2D eigenvalue weighted by atomic mass is 10.2. The van der Waals surface area contributed by atoms with Gasteiger partial charge in [-0.25, -0.2) is 0 Å². The van der Waals surface area contributed by atoms with Gasteiger partial charge in [-0.2, -0.15) is 0 Å². The van der Waals surface area contributed by atoms with Crippen molar-refractivity contribution in [3.05, 3.63) is 30.3 Å². The van der Waals surface area contributed by atoms with Crippen LogP contribution in [0.3, 0.4) is 0 Å². The average Bonchev–Trinajstić information content (AvgIpc) is 2.30. The molecule has 0 heterocycles. The van der Waals surface area contributed by atoms with Crippen molar-refractivity contribution in [2.75, 3.05) is 0 Å². The molecule has 156 valence electrons. The van der Waals surface area contributed by atoms with Crippen molar-refractivity contribution in [2.45, 2.75) is 88.5 Å². The van der Waals surface area contributed by atoms with Gasteiger partial charge in [-0.1, -0.05) is 32.0 Å². The highest BCUT2D eigenvalue weighted by atomic mass is 32.2. The fourth-order valence-corrected chi connectivity index (χ4v) is 19.4. The van der Waals surface area contributed by atoms with Crippen LogP contribution in [0.4, 0.5) is 0 Å². The van der Waals surface area contributed by atoms with Gasteiger partial charge < -0.3 is 12.3 Å². The highest BCUT2D eigenvalue weighted by Gasteiger charge is 2.53. The third-order valence-electron chi connectivity index (χ3n) is 3.16. The maximum atomic E-state index is 6.84. The van der Waals surface area contributed by atoms with E-state index in [1.807, 2.05) is 11.8 Å². The summed E-state index contributed by atoms with van der Waals surface area (Å²) in [5.74, 6) is 0. The highest BCUT2D eigenvalue weighted by Crippen LogP contribution is 2.42. The molecule has 0 unspecified atom stereocenters. The summed E-state index contributed by atoms with van der Waals surface area (Å²) in [6, 6.07) is 11.4. The van der Waals surface area contributed by atoms with Crippen molar-refractivity contribution >= 4 is 45.5 Å². The largest absolute Gasteiger partial charge is 0.470 e. The van der Waals surface area contributed by atoms with E-state index in [1.54, 1.807) is 0 Å². The first-order valence-electron chi connectivity index (χ1n) is 9.75. The molecule has 27 heavy (non-hydrogen) atoms. The molecule has 0 fully saturated rings. The van der Waals surface area contributed by atoms with Crippen LogP contribution in [0.15, 0.2) is 35.2 Å². The predicted molar refractivity (Wildman–Crippen MR) is 130 cm³/mol. The topological polar surface area (TPSA) is 27.7 Å². The van der Waals surface area contributed by atoms with E-state index in [0.717, 1.165) is 6.04 Å². The van der Waals surface area contributed by atoms with Crippen molar-refractivity contribution in [2.24, 2.45) is 0 Å². The Morgan fingerprint density at radius 3 is 1.41 bits per heavy atom. The zero-order valence-electron chi connectivity index (χ0n) is 19.2. The van der Waals surface area contributed by atoms with Gasteiger partial charge in [0.2, 0.25) is 0 Å². The van der Waals surface area contributed by atoms with E-state index in [1.165, 1.54) is 4.90 Å². The summed E-state index contributed by atoms with van der Waals surface area (Å²) in [5.41, 5.74) is 0. The Kier molecular flexibility index (Phi) is 8.44. The van der Waals surface area contributed by atoms with Crippen LogP contribution in [0.25, 0.3) is 0 Å². The van der Waals surface area contributed by atoms with Gasteiger partial charge in [-0.15, -0.1) is 11.8 Å². The molecule has 0 bridgehead atoms. The van der Waals surface area contributed by atoms with Crippen molar-refractivity contribution < 1.29 is 12.3 Å². The summed E-state index contributed by atoms with van der Waals surface area (Å²) >= 11 is 1.89. The van der Waals surface area contributed by atoms with E-state index < -0.39 is 33.8 Å². The minimum absolute atomic E-state index is 0.0352. The smallest absolute Gasteiger partial charge is 0.417 e. The normalized spacial score (nSPS) is 14.5. The zero-order valence-corrected chi connectivity index (χ0v) is 24.0. The molecule has 0 radical (unpaired) electrons. The lowest BCUT2D eigenvalue weighted by Gasteiger charge is -2.45. The first-order valence-corrected chi connectivity index (χ1v) is 22.7. The molecule has 0 saturated carbocycles. The van der Waals surface area contributed by atoms with E-state index in [-0.39, 0.29) is 4.75 Å². The molecule has 1 rings (SSSR count). The zero-order chi connectivity index (χ0) is 21.1. The van der Waals surface area contributed by atoms with Crippen LogP contribution in [-0.2, 0) is 12.3 Å². The molecule has 3 nitrogen and oxygen atoms in total. The van der Waals surface area contributed by atoms with Crippen LogP contribution >= 0.6 is 11.8 Å². The van der Waals surface area contributed by atoms with Crippen LogP contribution < -0.4 is 0 Å². The highest BCUT2D eigenvalue weighted by molar-refractivity contribution is 8.00. The molecule has 0 atom stereocenters. The first kappa shape index (κ1) is 25.4. The standard InChI is InChI=1S/C19H40O3SSi4/c1-19(2,23-18-15-13-12-14-16-18)17-27(20-24(3,4)5,21-25(6,7)8)22-26(9,10)11/h12-16H,17H2,1-11H3. The molecule has 8 heteroatoms. The number of rotatable bonds is 10. The number of hydrogen-bond donors (Lipinski definition) is 0. The molecule has 0 aliphatic heterocycles. The van der Waals surface area contributed by atoms with Gasteiger partial charge in [-0.3, -0.25) is 0 Å². The van der Waals surface area contributed by atoms with Gasteiger partial charge in [0.05, 0.1) is 0 Å². The second-order valence-corrected chi connectivity index (χ2v) is 29.3. The van der Waals surface area contributed by atoms with Crippen molar-refractivity contribution in [1.82, 2.24) is 0 Å². The Balaban J connectivity index is 3.26. The molecule has 1 aromatic rings. The van der Waals surface area contributed by atoms with Gasteiger partial charge in [0.25, 0.3) is 0 Å². The van der Waals surface area contributed by atoms with E-state index in [4.69, 9.17) is 12.3 Å². The first-order chi connectivity index (χ1) is 11.9. The molecule has 0 N–H and O–H groups in total. The molecule has 1 aromatic carbocycles. The molecule has 0 aromatic heterocycles. The van der Waals surface area contributed by atoms with Crippen LogP contribution in [-0.4, -0.2) is 38.5 Å². The lowest BCUT2D eigenvalue weighted by molar-refractivity contribution is 0.247. The SMILES string of the molecule is CC(C)(C[Si](O[Si](C)(C)C)(O[Si](C)(C)C)O[Si](C)(C)C)Sc1ccccc1. The van der Waals surface area contributed by atoms with Gasteiger partial charge in [0, 0.05) is 15.7 Å². The minimum Gasteiger partial charge on any atom is -0.417 e. The summed E-state index contributed by atoms with van der Waals surface area (Å²) in [6.45, 7) is 24.8. The Labute approximate surface area is 176 Å². The summed E-state index contributed by atoms with van der Waals surface area (Å²) < 4.78 is 20.5. The Bertz CT molecular complexity index is 549. The molecular formula is C19H40O3SSi4. The molecular weight excluding hydrogens is 421 g/mol. The lowest BCUT2D eigenvalue weighted by Crippen LogP contribution is -2.62. The third kappa shape index (κ3) is 11.2.